The molecule has 0 aliphatic carbocycles. The second kappa shape index (κ2) is 7.34. The maximum Gasteiger partial charge on any atom is 0.410 e. The molecule has 2 amide bonds. The average Bonchev–Trinajstić information content (AvgIpc) is 2.48. The van der Waals surface area contributed by atoms with Crippen LogP contribution in [0.15, 0.2) is 12.3 Å². The summed E-state index contributed by atoms with van der Waals surface area (Å²) in [5, 5.41) is 2.51. The first-order chi connectivity index (χ1) is 11.2. The Morgan fingerprint density at radius 1 is 1.46 bits per heavy atom. The van der Waals surface area contributed by atoms with Crippen LogP contribution >= 0.6 is 11.6 Å². The number of carbonyl (C=O) groups excluding carboxylic acids is 2. The lowest BCUT2D eigenvalue weighted by Gasteiger charge is -2.34. The van der Waals surface area contributed by atoms with Gasteiger partial charge < -0.3 is 15.0 Å². The van der Waals surface area contributed by atoms with E-state index < -0.39 is 23.4 Å². The van der Waals surface area contributed by atoms with Crippen molar-refractivity contribution in [1.29, 1.82) is 0 Å². The standard InChI is InChI=1S/C16H21ClFN3O3/c1-16(2,3)24-15(23)21-6-4-5-11(9-21)20-14(22)10-7-12(18)13(17)19-8-10/h7-8,11H,4-6,9H2,1-3H3,(H,20,22). The van der Waals surface area contributed by atoms with Gasteiger partial charge in [0, 0.05) is 25.3 Å². The molecule has 2 rings (SSSR count). The lowest BCUT2D eigenvalue weighted by atomic mass is 10.1. The van der Waals surface area contributed by atoms with Crippen molar-refractivity contribution < 1.29 is 18.7 Å². The number of nitrogens with one attached hydrogen (secondary N) is 1. The van der Waals surface area contributed by atoms with Crippen molar-refractivity contribution >= 4 is 23.6 Å². The Labute approximate surface area is 145 Å². The topological polar surface area (TPSA) is 71.5 Å². The Balaban J connectivity index is 1.96. The van der Waals surface area contributed by atoms with Gasteiger partial charge in [0.1, 0.15) is 5.60 Å². The molecule has 1 saturated heterocycles. The van der Waals surface area contributed by atoms with E-state index in [1.165, 1.54) is 6.20 Å². The Hall–Kier alpha value is -1.89. The summed E-state index contributed by atoms with van der Waals surface area (Å²) >= 11 is 5.51. The number of hydrogen-bond donors (Lipinski definition) is 1. The highest BCUT2D eigenvalue weighted by atomic mass is 35.5. The number of piperidine rings is 1. The number of amides is 2. The van der Waals surface area contributed by atoms with E-state index in [-0.39, 0.29) is 16.8 Å². The summed E-state index contributed by atoms with van der Waals surface area (Å²) in [6, 6.07) is 0.816. The maximum absolute atomic E-state index is 13.4. The molecule has 1 aromatic rings. The van der Waals surface area contributed by atoms with Gasteiger partial charge in [0.15, 0.2) is 11.0 Å². The number of halogens is 2. The van der Waals surface area contributed by atoms with Gasteiger partial charge in [-0.2, -0.15) is 0 Å². The summed E-state index contributed by atoms with van der Waals surface area (Å²) < 4.78 is 18.7. The first-order valence-electron chi connectivity index (χ1n) is 7.75. The smallest absolute Gasteiger partial charge is 0.410 e. The Bertz CT molecular complexity index is 633. The highest BCUT2D eigenvalue weighted by Gasteiger charge is 2.28. The zero-order chi connectivity index (χ0) is 17.9. The van der Waals surface area contributed by atoms with Gasteiger partial charge in [-0.25, -0.2) is 14.2 Å². The van der Waals surface area contributed by atoms with Gasteiger partial charge in [-0.05, 0) is 39.7 Å². The van der Waals surface area contributed by atoms with Gasteiger partial charge in [0.2, 0.25) is 0 Å². The van der Waals surface area contributed by atoms with Crippen LogP contribution in [-0.2, 0) is 4.74 Å². The molecule has 1 unspecified atom stereocenters. The summed E-state index contributed by atoms with van der Waals surface area (Å²) in [4.78, 5) is 29.5. The zero-order valence-corrected chi connectivity index (χ0v) is 14.7. The first kappa shape index (κ1) is 18.4. The predicted octanol–water partition coefficient (Wildman–Crippen LogP) is 3.00. The van der Waals surface area contributed by atoms with Crippen LogP contribution in [0.3, 0.4) is 0 Å². The van der Waals surface area contributed by atoms with Crippen molar-refractivity contribution in [3.05, 3.63) is 28.8 Å². The highest BCUT2D eigenvalue weighted by Crippen LogP contribution is 2.16. The Kier molecular flexibility index (Phi) is 5.64. The minimum atomic E-state index is -0.747. The van der Waals surface area contributed by atoms with Crippen LogP contribution < -0.4 is 5.32 Å². The van der Waals surface area contributed by atoms with Gasteiger partial charge in [-0.3, -0.25) is 4.79 Å². The lowest BCUT2D eigenvalue weighted by molar-refractivity contribution is 0.0185. The number of carbonyl (C=O) groups is 2. The van der Waals surface area contributed by atoms with E-state index in [1.807, 2.05) is 0 Å². The number of ether oxygens (including phenoxy) is 1. The summed E-state index contributed by atoms with van der Waals surface area (Å²) in [6.07, 6.45) is 2.29. The van der Waals surface area contributed by atoms with E-state index in [2.05, 4.69) is 10.3 Å². The molecule has 0 radical (unpaired) electrons. The highest BCUT2D eigenvalue weighted by molar-refractivity contribution is 6.29. The van der Waals surface area contributed by atoms with E-state index in [0.717, 1.165) is 18.9 Å². The van der Waals surface area contributed by atoms with E-state index in [1.54, 1.807) is 25.7 Å². The number of hydrogen-bond acceptors (Lipinski definition) is 4. The van der Waals surface area contributed by atoms with E-state index in [4.69, 9.17) is 16.3 Å². The van der Waals surface area contributed by atoms with Crippen LogP contribution in [0.4, 0.5) is 9.18 Å². The largest absolute Gasteiger partial charge is 0.444 e. The van der Waals surface area contributed by atoms with Crippen molar-refractivity contribution in [1.82, 2.24) is 15.2 Å². The van der Waals surface area contributed by atoms with Crippen molar-refractivity contribution in [2.24, 2.45) is 0 Å². The molecule has 0 spiro atoms. The molecule has 2 heterocycles. The third-order valence-corrected chi connectivity index (χ3v) is 3.74. The quantitative estimate of drug-likeness (QED) is 0.826. The predicted molar refractivity (Wildman–Crippen MR) is 87.5 cm³/mol. The van der Waals surface area contributed by atoms with Gasteiger partial charge in [-0.15, -0.1) is 0 Å². The second-order valence-electron chi connectivity index (χ2n) is 6.74. The summed E-state index contributed by atoms with van der Waals surface area (Å²) in [7, 11) is 0. The molecule has 0 saturated carbocycles. The molecule has 1 atom stereocenters. The molecule has 132 valence electrons. The molecule has 1 aromatic heterocycles. The molecule has 1 aliphatic rings. The molecule has 1 aliphatic heterocycles. The Morgan fingerprint density at radius 2 is 2.17 bits per heavy atom. The van der Waals surface area contributed by atoms with Gasteiger partial charge in [-0.1, -0.05) is 11.6 Å². The number of likely N-dealkylation sites (tertiary alicyclic amines) is 1. The molecular weight excluding hydrogens is 337 g/mol. The normalized spacial score (nSPS) is 18.2. The molecule has 0 aromatic carbocycles. The molecule has 1 fully saturated rings. The van der Waals surface area contributed by atoms with Crippen LogP contribution in [0, 0.1) is 5.82 Å². The lowest BCUT2D eigenvalue weighted by Crippen LogP contribution is -2.50. The average molecular weight is 358 g/mol. The van der Waals surface area contributed by atoms with Crippen molar-refractivity contribution in [3.63, 3.8) is 0 Å². The third kappa shape index (κ3) is 5.06. The monoisotopic (exact) mass is 357 g/mol. The number of pyridine rings is 1. The van der Waals surface area contributed by atoms with Gasteiger partial charge in [0.25, 0.3) is 5.91 Å². The fourth-order valence-corrected chi connectivity index (χ4v) is 2.50. The minimum Gasteiger partial charge on any atom is -0.444 e. The Morgan fingerprint density at radius 3 is 2.79 bits per heavy atom. The minimum absolute atomic E-state index is 0.0892. The molecular formula is C16H21ClFN3O3. The first-order valence-corrected chi connectivity index (χ1v) is 8.13. The third-order valence-electron chi connectivity index (χ3n) is 3.47. The summed E-state index contributed by atoms with van der Waals surface area (Å²) in [5.41, 5.74) is -0.481. The number of aromatic nitrogens is 1. The fourth-order valence-electron chi connectivity index (χ4n) is 2.40. The second-order valence-corrected chi connectivity index (χ2v) is 7.09. The summed E-state index contributed by atoms with van der Waals surface area (Å²) in [6.45, 7) is 6.34. The molecule has 0 bridgehead atoms. The van der Waals surface area contributed by atoms with Gasteiger partial charge >= 0.3 is 6.09 Å². The van der Waals surface area contributed by atoms with E-state index in [0.29, 0.717) is 13.1 Å². The number of nitrogens with zero attached hydrogens (tertiary/aromatic N) is 2. The van der Waals surface area contributed by atoms with E-state index >= 15 is 0 Å². The van der Waals surface area contributed by atoms with E-state index in [9.17, 15) is 14.0 Å². The van der Waals surface area contributed by atoms with Crippen LogP contribution in [0.1, 0.15) is 44.0 Å². The van der Waals surface area contributed by atoms with Crippen LogP contribution in [0.2, 0.25) is 5.15 Å². The fraction of sp³-hybridized carbons (Fsp3) is 0.562. The van der Waals surface area contributed by atoms with Crippen molar-refractivity contribution in [2.45, 2.75) is 45.3 Å². The van der Waals surface area contributed by atoms with Crippen molar-refractivity contribution in [3.8, 4) is 0 Å². The van der Waals surface area contributed by atoms with Gasteiger partial charge in [0.05, 0.1) is 5.56 Å². The number of rotatable bonds is 2. The summed E-state index contributed by atoms with van der Waals surface area (Å²) in [5.74, 6) is -1.20. The molecule has 1 N–H and O–H groups in total. The van der Waals surface area contributed by atoms with Crippen LogP contribution in [0.5, 0.6) is 0 Å². The van der Waals surface area contributed by atoms with Crippen LogP contribution in [0.25, 0.3) is 0 Å². The maximum atomic E-state index is 13.4. The van der Waals surface area contributed by atoms with Crippen LogP contribution in [-0.4, -0.2) is 46.6 Å². The molecule has 6 nitrogen and oxygen atoms in total. The molecule has 24 heavy (non-hydrogen) atoms. The van der Waals surface area contributed by atoms with Crippen molar-refractivity contribution in [2.75, 3.05) is 13.1 Å². The molecule has 8 heteroatoms. The SMILES string of the molecule is CC(C)(C)OC(=O)N1CCCC(NC(=O)c2cnc(Cl)c(F)c2)C1. The zero-order valence-electron chi connectivity index (χ0n) is 13.9.